The Morgan fingerprint density at radius 3 is 2.60 bits per heavy atom. The van der Waals surface area contributed by atoms with E-state index in [0.29, 0.717) is 11.4 Å². The molecule has 1 aromatic heterocycles. The van der Waals surface area contributed by atoms with Crippen LogP contribution < -0.4 is 0 Å². The van der Waals surface area contributed by atoms with Crippen LogP contribution in [0.15, 0.2) is 18.9 Å². The molecule has 0 aliphatic rings. The van der Waals surface area contributed by atoms with Crippen LogP contribution in [0, 0.1) is 0 Å². The number of nitrogens with zero attached hydrogens (tertiary/aromatic N) is 3. The molecule has 0 unspecified atom stereocenters. The molecule has 4 nitrogen and oxygen atoms in total. The van der Waals surface area contributed by atoms with Crippen molar-refractivity contribution in [3.05, 3.63) is 24.7 Å². The summed E-state index contributed by atoms with van der Waals surface area (Å²) in [6.45, 7) is 1.72. The number of rotatable bonds is 1. The zero-order chi connectivity index (χ0) is 7.40. The van der Waals surface area contributed by atoms with Gasteiger partial charge in [-0.15, -0.1) is 0 Å². The smallest absolute Gasteiger partial charge is 0.161 e. The topological polar surface area (TPSA) is 58.9 Å². The molecule has 0 radical (unpaired) electrons. The molecule has 0 aromatic carbocycles. The molecule has 10 heavy (non-hydrogen) atoms. The Labute approximate surface area is 58.3 Å². The average Bonchev–Trinajstić information content (AvgIpc) is 2.05. The lowest BCUT2D eigenvalue weighted by Crippen LogP contribution is -1.90. The standard InChI is InChI=1S/C6H7N3O/c1-5(2-10)6-8-3-7-4-9-6/h2-4,10H,1H3/b5-2+. The number of allylic oxidation sites excluding steroid dienone is 1. The predicted molar refractivity (Wildman–Crippen MR) is 36.1 cm³/mol. The molecule has 1 aromatic rings. The quantitative estimate of drug-likeness (QED) is 0.581. The van der Waals surface area contributed by atoms with Gasteiger partial charge in [0.2, 0.25) is 0 Å². The molecule has 1 N–H and O–H groups in total. The van der Waals surface area contributed by atoms with Gasteiger partial charge in [0, 0.05) is 5.57 Å². The molecule has 0 spiro atoms. The lowest BCUT2D eigenvalue weighted by molar-refractivity contribution is 0.475. The molecule has 1 rings (SSSR count). The summed E-state index contributed by atoms with van der Waals surface area (Å²) in [5, 5.41) is 8.53. The van der Waals surface area contributed by atoms with E-state index in [1.165, 1.54) is 12.7 Å². The van der Waals surface area contributed by atoms with E-state index in [4.69, 9.17) is 5.11 Å². The summed E-state index contributed by atoms with van der Waals surface area (Å²) in [7, 11) is 0. The van der Waals surface area contributed by atoms with Crippen LogP contribution in [0.5, 0.6) is 0 Å². The van der Waals surface area contributed by atoms with Crippen molar-refractivity contribution in [2.24, 2.45) is 0 Å². The first-order valence-corrected chi connectivity index (χ1v) is 2.78. The second-order valence-corrected chi connectivity index (χ2v) is 1.77. The largest absolute Gasteiger partial charge is 0.515 e. The van der Waals surface area contributed by atoms with Crippen LogP contribution in [0.3, 0.4) is 0 Å². The fourth-order valence-electron chi connectivity index (χ4n) is 0.501. The maximum Gasteiger partial charge on any atom is 0.161 e. The normalized spacial score (nSPS) is 11.5. The highest BCUT2D eigenvalue weighted by atomic mass is 16.2. The summed E-state index contributed by atoms with van der Waals surface area (Å²) in [6, 6.07) is 0. The number of hydrogen-bond donors (Lipinski definition) is 1. The maximum atomic E-state index is 8.53. The fraction of sp³-hybridized carbons (Fsp3) is 0.167. The summed E-state index contributed by atoms with van der Waals surface area (Å²) in [4.78, 5) is 11.2. The molecule has 0 amide bonds. The first-order valence-electron chi connectivity index (χ1n) is 2.78. The third-order valence-electron chi connectivity index (χ3n) is 1.04. The minimum Gasteiger partial charge on any atom is -0.515 e. The van der Waals surface area contributed by atoms with Gasteiger partial charge in [-0.3, -0.25) is 0 Å². The van der Waals surface area contributed by atoms with E-state index >= 15 is 0 Å². The van der Waals surface area contributed by atoms with Crippen LogP contribution in [0.25, 0.3) is 5.57 Å². The summed E-state index contributed by atoms with van der Waals surface area (Å²) in [5.74, 6) is 0.498. The molecule has 0 saturated carbocycles. The lowest BCUT2D eigenvalue weighted by Gasteiger charge is -1.93. The molecule has 0 saturated heterocycles. The van der Waals surface area contributed by atoms with E-state index < -0.39 is 0 Å². The monoisotopic (exact) mass is 137 g/mol. The Balaban J connectivity index is 2.96. The molecule has 1 heterocycles. The van der Waals surface area contributed by atoms with Crippen molar-refractivity contribution in [1.29, 1.82) is 0 Å². The van der Waals surface area contributed by atoms with Crippen LogP contribution in [-0.2, 0) is 0 Å². The van der Waals surface area contributed by atoms with Crippen LogP contribution in [0.4, 0.5) is 0 Å². The highest BCUT2D eigenvalue weighted by Crippen LogP contribution is 2.02. The van der Waals surface area contributed by atoms with Gasteiger partial charge in [-0.25, -0.2) is 15.0 Å². The summed E-state index contributed by atoms with van der Waals surface area (Å²) < 4.78 is 0. The molecule has 0 aliphatic carbocycles. The highest BCUT2D eigenvalue weighted by molar-refractivity contribution is 5.54. The molecular formula is C6H7N3O. The van der Waals surface area contributed by atoms with Crippen molar-refractivity contribution in [2.45, 2.75) is 6.92 Å². The van der Waals surface area contributed by atoms with E-state index in [9.17, 15) is 0 Å². The third kappa shape index (κ3) is 1.28. The van der Waals surface area contributed by atoms with Crippen molar-refractivity contribution in [3.8, 4) is 0 Å². The molecule has 4 heteroatoms. The summed E-state index contributed by atoms with van der Waals surface area (Å²) >= 11 is 0. The maximum absolute atomic E-state index is 8.53. The van der Waals surface area contributed by atoms with Gasteiger partial charge in [0.1, 0.15) is 12.7 Å². The third-order valence-corrected chi connectivity index (χ3v) is 1.04. The molecule has 0 bridgehead atoms. The van der Waals surface area contributed by atoms with E-state index in [-0.39, 0.29) is 0 Å². The van der Waals surface area contributed by atoms with Gasteiger partial charge in [-0.05, 0) is 6.92 Å². The van der Waals surface area contributed by atoms with Gasteiger partial charge in [-0.2, -0.15) is 0 Å². The summed E-state index contributed by atoms with van der Waals surface area (Å²) in [5.41, 5.74) is 0.627. The fourth-order valence-corrected chi connectivity index (χ4v) is 0.501. The van der Waals surface area contributed by atoms with E-state index in [2.05, 4.69) is 15.0 Å². The van der Waals surface area contributed by atoms with Crippen molar-refractivity contribution in [3.63, 3.8) is 0 Å². The van der Waals surface area contributed by atoms with Gasteiger partial charge in [0.05, 0.1) is 6.26 Å². The van der Waals surface area contributed by atoms with Crippen molar-refractivity contribution in [2.75, 3.05) is 0 Å². The highest BCUT2D eigenvalue weighted by Gasteiger charge is 1.94. The molecule has 0 aliphatic heterocycles. The molecule has 0 atom stereocenters. The first kappa shape index (κ1) is 6.67. The van der Waals surface area contributed by atoms with Crippen molar-refractivity contribution in [1.82, 2.24) is 15.0 Å². The molecule has 52 valence electrons. The minimum atomic E-state index is 0.498. The van der Waals surface area contributed by atoms with E-state index in [0.717, 1.165) is 6.26 Å². The van der Waals surface area contributed by atoms with Gasteiger partial charge >= 0.3 is 0 Å². The number of aliphatic hydroxyl groups is 1. The Morgan fingerprint density at radius 2 is 2.10 bits per heavy atom. The second-order valence-electron chi connectivity index (χ2n) is 1.77. The van der Waals surface area contributed by atoms with Crippen LogP contribution in [0.1, 0.15) is 12.7 Å². The first-order chi connectivity index (χ1) is 4.84. The minimum absolute atomic E-state index is 0.498. The van der Waals surface area contributed by atoms with E-state index in [1.54, 1.807) is 6.92 Å². The number of hydrogen-bond acceptors (Lipinski definition) is 4. The van der Waals surface area contributed by atoms with Gasteiger partial charge < -0.3 is 5.11 Å². The van der Waals surface area contributed by atoms with Crippen LogP contribution >= 0.6 is 0 Å². The zero-order valence-electron chi connectivity index (χ0n) is 5.52. The lowest BCUT2D eigenvalue weighted by atomic mass is 10.3. The van der Waals surface area contributed by atoms with Crippen molar-refractivity contribution >= 4 is 5.57 Å². The average molecular weight is 137 g/mol. The van der Waals surface area contributed by atoms with Gasteiger partial charge in [0.15, 0.2) is 5.82 Å². The number of aromatic nitrogens is 3. The summed E-state index contributed by atoms with van der Waals surface area (Å²) in [6.07, 6.45) is 3.74. The predicted octanol–water partition coefficient (Wildman–Crippen LogP) is 0.790. The Hall–Kier alpha value is -1.45. The Kier molecular flexibility index (Phi) is 1.94. The van der Waals surface area contributed by atoms with Crippen LogP contribution in [0.2, 0.25) is 0 Å². The van der Waals surface area contributed by atoms with Gasteiger partial charge in [0.25, 0.3) is 0 Å². The Morgan fingerprint density at radius 1 is 1.50 bits per heavy atom. The molecular weight excluding hydrogens is 130 g/mol. The SMILES string of the molecule is C/C(=C\O)c1ncncn1. The molecule has 0 fully saturated rings. The number of aliphatic hydroxyl groups excluding tert-OH is 1. The second kappa shape index (κ2) is 2.91. The van der Waals surface area contributed by atoms with E-state index in [1.807, 2.05) is 0 Å². The van der Waals surface area contributed by atoms with Crippen molar-refractivity contribution < 1.29 is 5.11 Å². The Bertz CT molecular complexity index is 232. The van der Waals surface area contributed by atoms with Gasteiger partial charge in [-0.1, -0.05) is 0 Å². The zero-order valence-corrected chi connectivity index (χ0v) is 5.52. The van der Waals surface area contributed by atoms with Crippen LogP contribution in [-0.4, -0.2) is 20.1 Å².